The van der Waals surface area contributed by atoms with Crippen LogP contribution in [0, 0.1) is 0 Å². The zero-order valence-corrected chi connectivity index (χ0v) is 16.2. The highest BCUT2D eigenvalue weighted by atomic mass is 16.5. The first-order chi connectivity index (χ1) is 13.5. The molecule has 0 spiro atoms. The SMILES string of the molecule is CCCC[C@H](NC(=O)CNC(=O)CNC(=O)OCc1ccccc1)C(=O)OC. The van der Waals surface area contributed by atoms with Gasteiger partial charge in [0.1, 0.15) is 19.2 Å². The second-order valence-electron chi connectivity index (χ2n) is 5.98. The molecule has 0 unspecified atom stereocenters. The molecule has 3 amide bonds. The number of carbonyl (C=O) groups is 4. The van der Waals surface area contributed by atoms with Crippen LogP contribution in [0.4, 0.5) is 4.79 Å². The van der Waals surface area contributed by atoms with Crippen LogP contribution < -0.4 is 16.0 Å². The highest BCUT2D eigenvalue weighted by molar-refractivity contribution is 5.89. The van der Waals surface area contributed by atoms with Crippen LogP contribution in [-0.2, 0) is 30.5 Å². The summed E-state index contributed by atoms with van der Waals surface area (Å²) in [6.07, 6.45) is 1.33. The van der Waals surface area contributed by atoms with Crippen LogP contribution in [0.25, 0.3) is 0 Å². The summed E-state index contributed by atoms with van der Waals surface area (Å²) in [4.78, 5) is 46.8. The lowest BCUT2D eigenvalue weighted by atomic mass is 10.1. The number of hydrogen-bond acceptors (Lipinski definition) is 6. The Morgan fingerprint density at radius 3 is 2.32 bits per heavy atom. The number of rotatable bonds is 11. The number of ether oxygens (including phenoxy) is 2. The van der Waals surface area contributed by atoms with Gasteiger partial charge in [-0.15, -0.1) is 0 Å². The molecule has 9 nitrogen and oxygen atoms in total. The summed E-state index contributed by atoms with van der Waals surface area (Å²) in [6, 6.07) is 8.35. The predicted octanol–water partition coefficient (Wildman–Crippen LogP) is 0.877. The van der Waals surface area contributed by atoms with E-state index in [1.807, 2.05) is 25.1 Å². The molecular formula is C19H27N3O6. The van der Waals surface area contributed by atoms with Crippen LogP contribution in [0.1, 0.15) is 31.7 Å². The maximum Gasteiger partial charge on any atom is 0.407 e. The van der Waals surface area contributed by atoms with Crippen molar-refractivity contribution in [2.24, 2.45) is 0 Å². The third-order valence-corrected chi connectivity index (χ3v) is 3.72. The summed E-state index contributed by atoms with van der Waals surface area (Å²) >= 11 is 0. The Morgan fingerprint density at radius 1 is 1.00 bits per heavy atom. The minimum Gasteiger partial charge on any atom is -0.467 e. The number of carbonyl (C=O) groups excluding carboxylic acids is 4. The van der Waals surface area contributed by atoms with Crippen LogP contribution in [0.15, 0.2) is 30.3 Å². The van der Waals surface area contributed by atoms with Gasteiger partial charge in [0, 0.05) is 0 Å². The van der Waals surface area contributed by atoms with Crippen molar-refractivity contribution < 1.29 is 28.7 Å². The molecule has 0 aliphatic rings. The topological polar surface area (TPSA) is 123 Å². The third kappa shape index (κ3) is 9.56. The molecule has 1 aromatic rings. The smallest absolute Gasteiger partial charge is 0.407 e. The lowest BCUT2D eigenvalue weighted by Gasteiger charge is -2.16. The van der Waals surface area contributed by atoms with Crippen molar-refractivity contribution in [3.63, 3.8) is 0 Å². The Balaban J connectivity index is 2.26. The van der Waals surface area contributed by atoms with Crippen LogP contribution >= 0.6 is 0 Å². The van der Waals surface area contributed by atoms with Crippen molar-refractivity contribution in [1.82, 2.24) is 16.0 Å². The molecule has 1 rings (SSSR count). The fourth-order valence-corrected chi connectivity index (χ4v) is 2.21. The van der Waals surface area contributed by atoms with Gasteiger partial charge in [0.05, 0.1) is 13.7 Å². The van der Waals surface area contributed by atoms with E-state index in [4.69, 9.17) is 4.74 Å². The fourth-order valence-electron chi connectivity index (χ4n) is 2.21. The van der Waals surface area contributed by atoms with Gasteiger partial charge in [-0.2, -0.15) is 0 Å². The van der Waals surface area contributed by atoms with E-state index in [1.54, 1.807) is 12.1 Å². The number of nitrogens with one attached hydrogen (secondary N) is 3. The van der Waals surface area contributed by atoms with Crippen LogP contribution in [0.2, 0.25) is 0 Å². The lowest BCUT2D eigenvalue weighted by molar-refractivity contribution is -0.145. The van der Waals surface area contributed by atoms with E-state index in [9.17, 15) is 19.2 Å². The monoisotopic (exact) mass is 393 g/mol. The molecule has 0 saturated carbocycles. The van der Waals surface area contributed by atoms with Gasteiger partial charge in [-0.25, -0.2) is 9.59 Å². The van der Waals surface area contributed by atoms with E-state index < -0.39 is 29.9 Å². The van der Waals surface area contributed by atoms with Gasteiger partial charge in [0.15, 0.2) is 0 Å². The molecule has 9 heteroatoms. The van der Waals surface area contributed by atoms with Crippen molar-refractivity contribution in [1.29, 1.82) is 0 Å². The number of hydrogen-bond donors (Lipinski definition) is 3. The number of alkyl carbamates (subject to hydrolysis) is 1. The van der Waals surface area contributed by atoms with Gasteiger partial charge in [0.25, 0.3) is 0 Å². The maximum atomic E-state index is 11.9. The summed E-state index contributed by atoms with van der Waals surface area (Å²) in [5, 5.41) is 7.17. The second kappa shape index (κ2) is 13.1. The molecule has 0 saturated heterocycles. The molecule has 1 atom stereocenters. The third-order valence-electron chi connectivity index (χ3n) is 3.72. The highest BCUT2D eigenvalue weighted by Gasteiger charge is 2.20. The van der Waals surface area contributed by atoms with Crippen molar-refractivity contribution in [2.75, 3.05) is 20.2 Å². The van der Waals surface area contributed by atoms with Crippen LogP contribution in [-0.4, -0.2) is 50.1 Å². The standard InChI is InChI=1S/C19H27N3O6/c1-3-4-10-15(18(25)27-2)22-17(24)12-20-16(23)11-21-19(26)28-13-14-8-6-5-7-9-14/h5-9,15H,3-4,10-13H2,1-2H3,(H,20,23)(H,21,26)(H,22,24)/t15-/m0/s1. The number of methoxy groups -OCH3 is 1. The van der Waals surface area contributed by atoms with Gasteiger partial charge >= 0.3 is 12.1 Å². The average molecular weight is 393 g/mol. The normalized spacial score (nSPS) is 11.1. The molecule has 1 aromatic carbocycles. The van der Waals surface area contributed by atoms with Gasteiger partial charge in [-0.05, 0) is 12.0 Å². The molecular weight excluding hydrogens is 366 g/mol. The Bertz CT molecular complexity index is 650. The second-order valence-corrected chi connectivity index (χ2v) is 5.98. The molecule has 0 fully saturated rings. The zero-order valence-electron chi connectivity index (χ0n) is 16.2. The van der Waals surface area contributed by atoms with Gasteiger partial charge < -0.3 is 25.4 Å². The summed E-state index contributed by atoms with van der Waals surface area (Å²) in [5.41, 5.74) is 0.821. The average Bonchev–Trinajstić information content (AvgIpc) is 2.72. The minimum atomic E-state index is -0.750. The van der Waals surface area contributed by atoms with Gasteiger partial charge in [0.2, 0.25) is 11.8 Å². The summed E-state index contributed by atoms with van der Waals surface area (Å²) < 4.78 is 9.63. The van der Waals surface area contributed by atoms with Crippen LogP contribution in [0.5, 0.6) is 0 Å². The van der Waals surface area contributed by atoms with E-state index in [1.165, 1.54) is 7.11 Å². The maximum absolute atomic E-state index is 11.9. The predicted molar refractivity (Wildman–Crippen MR) is 101 cm³/mol. The van der Waals surface area contributed by atoms with E-state index in [2.05, 4.69) is 20.7 Å². The molecule has 0 radical (unpaired) electrons. The largest absolute Gasteiger partial charge is 0.467 e. The fraction of sp³-hybridized carbons (Fsp3) is 0.474. The van der Waals surface area contributed by atoms with Gasteiger partial charge in [-0.1, -0.05) is 50.1 Å². The van der Waals surface area contributed by atoms with Crippen molar-refractivity contribution >= 4 is 23.9 Å². The number of benzene rings is 1. The van der Waals surface area contributed by atoms with Crippen molar-refractivity contribution in [2.45, 2.75) is 38.8 Å². The molecule has 3 N–H and O–H groups in total. The molecule has 0 aromatic heterocycles. The molecule has 0 heterocycles. The Hall–Kier alpha value is -3.10. The van der Waals surface area contributed by atoms with Crippen molar-refractivity contribution in [3.05, 3.63) is 35.9 Å². The Morgan fingerprint density at radius 2 is 1.68 bits per heavy atom. The molecule has 0 bridgehead atoms. The lowest BCUT2D eigenvalue weighted by Crippen LogP contribution is -2.47. The number of unbranched alkanes of at least 4 members (excludes halogenated alkanes) is 1. The summed E-state index contributed by atoms with van der Waals surface area (Å²) in [6.45, 7) is 1.40. The molecule has 0 aliphatic carbocycles. The van der Waals surface area contributed by atoms with Gasteiger partial charge in [-0.3, -0.25) is 9.59 Å². The van der Waals surface area contributed by atoms with E-state index in [0.29, 0.717) is 6.42 Å². The first kappa shape index (κ1) is 22.9. The quantitative estimate of drug-likeness (QED) is 0.480. The Kier molecular flexibility index (Phi) is 10.8. The summed E-state index contributed by atoms with van der Waals surface area (Å²) in [5.74, 6) is -1.61. The number of esters is 1. The van der Waals surface area contributed by atoms with Crippen molar-refractivity contribution in [3.8, 4) is 0 Å². The van der Waals surface area contributed by atoms with Crippen LogP contribution in [0.3, 0.4) is 0 Å². The first-order valence-electron chi connectivity index (χ1n) is 9.04. The van der Waals surface area contributed by atoms with E-state index in [0.717, 1.165) is 18.4 Å². The summed E-state index contributed by atoms with van der Waals surface area (Å²) in [7, 11) is 1.25. The zero-order chi connectivity index (χ0) is 20.8. The molecule has 154 valence electrons. The van der Waals surface area contributed by atoms with E-state index >= 15 is 0 Å². The minimum absolute atomic E-state index is 0.0867. The highest BCUT2D eigenvalue weighted by Crippen LogP contribution is 2.02. The first-order valence-corrected chi connectivity index (χ1v) is 9.04. The molecule has 0 aliphatic heterocycles. The van der Waals surface area contributed by atoms with E-state index in [-0.39, 0.29) is 19.7 Å². The number of amides is 3. The molecule has 28 heavy (non-hydrogen) atoms. The Labute approximate surface area is 164 Å².